The minimum Gasteiger partial charge on any atom is -0.363 e. The van der Waals surface area contributed by atoms with Crippen molar-refractivity contribution in [1.82, 2.24) is 14.5 Å². The van der Waals surface area contributed by atoms with Crippen LogP contribution in [0.15, 0.2) is 23.3 Å². The van der Waals surface area contributed by atoms with Crippen LogP contribution in [-0.4, -0.2) is 20.6 Å². The van der Waals surface area contributed by atoms with E-state index in [1.54, 1.807) is 17.0 Å². The summed E-state index contributed by atoms with van der Waals surface area (Å²) in [7, 11) is 0. The van der Waals surface area contributed by atoms with E-state index in [9.17, 15) is 4.79 Å². The molecule has 1 fully saturated rings. The van der Waals surface area contributed by atoms with E-state index in [1.165, 1.54) is 25.7 Å². The summed E-state index contributed by atoms with van der Waals surface area (Å²) in [6.07, 6.45) is 10.7. The van der Waals surface area contributed by atoms with Gasteiger partial charge in [-0.1, -0.05) is 25.7 Å². The van der Waals surface area contributed by atoms with E-state index in [4.69, 9.17) is 0 Å². The van der Waals surface area contributed by atoms with Gasteiger partial charge in [-0.25, -0.2) is 4.98 Å². The van der Waals surface area contributed by atoms with Crippen LogP contribution in [0.3, 0.4) is 0 Å². The Hall–Kier alpha value is -1.91. The highest BCUT2D eigenvalue weighted by atomic mass is 16.1. The predicted molar refractivity (Wildman–Crippen MR) is 89.3 cm³/mol. The van der Waals surface area contributed by atoms with Crippen molar-refractivity contribution in [3.63, 3.8) is 0 Å². The Morgan fingerprint density at radius 2 is 1.95 bits per heavy atom. The third-order valence-electron chi connectivity index (χ3n) is 4.40. The van der Waals surface area contributed by atoms with Crippen molar-refractivity contribution >= 4 is 16.9 Å². The molecule has 0 spiro atoms. The van der Waals surface area contributed by atoms with Crippen molar-refractivity contribution in [2.45, 2.75) is 64.5 Å². The second kappa shape index (κ2) is 6.46. The maximum absolute atomic E-state index is 12.8. The molecule has 1 aliphatic carbocycles. The lowest BCUT2D eigenvalue weighted by atomic mass is 10.1. The number of nitrogens with zero attached hydrogens (tertiary/aromatic N) is 3. The number of hydrogen-bond acceptors (Lipinski definition) is 4. The summed E-state index contributed by atoms with van der Waals surface area (Å²) in [5.41, 5.74) is 1.58. The molecule has 0 amide bonds. The van der Waals surface area contributed by atoms with Crippen LogP contribution in [0.4, 0.5) is 5.82 Å². The van der Waals surface area contributed by atoms with E-state index in [1.807, 2.05) is 19.9 Å². The Morgan fingerprint density at radius 3 is 2.64 bits per heavy atom. The van der Waals surface area contributed by atoms with Crippen LogP contribution in [0.5, 0.6) is 0 Å². The van der Waals surface area contributed by atoms with Gasteiger partial charge in [-0.15, -0.1) is 0 Å². The van der Waals surface area contributed by atoms with Gasteiger partial charge in [0.1, 0.15) is 0 Å². The van der Waals surface area contributed by atoms with Crippen molar-refractivity contribution in [3.8, 4) is 0 Å². The highest BCUT2D eigenvalue weighted by Gasteiger charge is 2.17. The summed E-state index contributed by atoms with van der Waals surface area (Å²) >= 11 is 0. The average molecular weight is 300 g/mol. The lowest BCUT2D eigenvalue weighted by Gasteiger charge is -2.19. The lowest BCUT2D eigenvalue weighted by molar-refractivity contribution is 0.588. The normalized spacial score (nSPS) is 16.9. The van der Waals surface area contributed by atoms with Gasteiger partial charge in [0, 0.05) is 18.3 Å². The monoisotopic (exact) mass is 300 g/mol. The van der Waals surface area contributed by atoms with Crippen LogP contribution >= 0.6 is 0 Å². The summed E-state index contributed by atoms with van der Waals surface area (Å²) in [6.45, 7) is 4.03. The third-order valence-corrected chi connectivity index (χ3v) is 4.40. The smallest absolute Gasteiger partial charge is 0.294 e. The fourth-order valence-corrected chi connectivity index (χ4v) is 3.27. The molecule has 0 aromatic carbocycles. The maximum Gasteiger partial charge on any atom is 0.294 e. The standard InChI is InChI=1S/C17H24N4O/c1-12(2)21-15-11-18-10-9-14(15)20-16(17(21)22)19-13-7-5-3-4-6-8-13/h9-13H,3-8H2,1-2H3,(H,19,20). The lowest BCUT2D eigenvalue weighted by Crippen LogP contribution is -2.30. The van der Waals surface area contributed by atoms with Crippen molar-refractivity contribution in [3.05, 3.63) is 28.8 Å². The molecule has 2 aromatic rings. The van der Waals surface area contributed by atoms with Gasteiger partial charge in [0.25, 0.3) is 5.56 Å². The molecule has 2 heterocycles. The zero-order valence-corrected chi connectivity index (χ0v) is 13.4. The Kier molecular flexibility index (Phi) is 4.41. The van der Waals surface area contributed by atoms with Crippen molar-refractivity contribution in [2.75, 3.05) is 5.32 Å². The first-order valence-electron chi connectivity index (χ1n) is 8.29. The van der Waals surface area contributed by atoms with Crippen LogP contribution in [0, 0.1) is 0 Å². The Bertz CT molecular complexity index is 699. The highest BCUT2D eigenvalue weighted by Crippen LogP contribution is 2.21. The first-order chi connectivity index (χ1) is 10.7. The quantitative estimate of drug-likeness (QED) is 0.881. The molecule has 0 saturated heterocycles. The van der Waals surface area contributed by atoms with Gasteiger partial charge in [0.2, 0.25) is 0 Å². The molecule has 5 heteroatoms. The van der Waals surface area contributed by atoms with E-state index < -0.39 is 0 Å². The molecule has 1 saturated carbocycles. The SMILES string of the molecule is CC(C)n1c(=O)c(NC2CCCCCC2)nc2ccncc21. The topological polar surface area (TPSA) is 59.8 Å². The molecular weight excluding hydrogens is 276 g/mol. The fourth-order valence-electron chi connectivity index (χ4n) is 3.27. The molecule has 0 aliphatic heterocycles. The number of nitrogens with one attached hydrogen (secondary N) is 1. The first kappa shape index (κ1) is 15.0. The molecule has 0 bridgehead atoms. The van der Waals surface area contributed by atoms with E-state index in [2.05, 4.69) is 15.3 Å². The van der Waals surface area contributed by atoms with Crippen molar-refractivity contribution in [1.29, 1.82) is 0 Å². The van der Waals surface area contributed by atoms with E-state index in [0.717, 1.165) is 23.9 Å². The summed E-state index contributed by atoms with van der Waals surface area (Å²) in [5, 5.41) is 3.41. The molecule has 0 unspecified atom stereocenters. The van der Waals surface area contributed by atoms with Crippen LogP contribution in [0.2, 0.25) is 0 Å². The van der Waals surface area contributed by atoms with Gasteiger partial charge >= 0.3 is 0 Å². The van der Waals surface area contributed by atoms with E-state index >= 15 is 0 Å². The molecule has 5 nitrogen and oxygen atoms in total. The van der Waals surface area contributed by atoms with E-state index in [0.29, 0.717) is 11.9 Å². The average Bonchev–Trinajstić information content (AvgIpc) is 2.76. The summed E-state index contributed by atoms with van der Waals surface area (Å²) in [6, 6.07) is 2.31. The number of anilines is 1. The molecule has 118 valence electrons. The number of rotatable bonds is 3. The molecular formula is C17H24N4O. The van der Waals surface area contributed by atoms with Gasteiger partial charge in [-0.2, -0.15) is 0 Å². The minimum absolute atomic E-state index is 0.0419. The Morgan fingerprint density at radius 1 is 1.23 bits per heavy atom. The Labute approximate surface area is 130 Å². The number of pyridine rings is 1. The molecule has 3 rings (SSSR count). The molecule has 1 N–H and O–H groups in total. The predicted octanol–water partition coefficient (Wildman–Crippen LogP) is 3.51. The van der Waals surface area contributed by atoms with Gasteiger partial charge in [0.15, 0.2) is 5.82 Å². The molecule has 0 atom stereocenters. The van der Waals surface area contributed by atoms with Crippen LogP contribution in [0.25, 0.3) is 11.0 Å². The van der Waals surface area contributed by atoms with Gasteiger partial charge in [0.05, 0.1) is 17.2 Å². The third kappa shape index (κ3) is 2.98. The van der Waals surface area contributed by atoms with Crippen LogP contribution in [0.1, 0.15) is 58.4 Å². The summed E-state index contributed by atoms with van der Waals surface area (Å²) in [4.78, 5) is 21.5. The first-order valence-corrected chi connectivity index (χ1v) is 8.29. The molecule has 1 aliphatic rings. The summed E-state index contributed by atoms with van der Waals surface area (Å²) < 4.78 is 1.79. The fraction of sp³-hybridized carbons (Fsp3) is 0.588. The second-order valence-corrected chi connectivity index (χ2v) is 6.43. The number of fused-ring (bicyclic) bond motifs is 1. The number of hydrogen-bond donors (Lipinski definition) is 1. The second-order valence-electron chi connectivity index (χ2n) is 6.43. The van der Waals surface area contributed by atoms with Crippen LogP contribution < -0.4 is 10.9 Å². The zero-order chi connectivity index (χ0) is 15.5. The van der Waals surface area contributed by atoms with Gasteiger partial charge in [-0.3, -0.25) is 14.3 Å². The van der Waals surface area contributed by atoms with Crippen molar-refractivity contribution in [2.24, 2.45) is 0 Å². The van der Waals surface area contributed by atoms with Gasteiger partial charge < -0.3 is 5.32 Å². The zero-order valence-electron chi connectivity index (χ0n) is 13.4. The van der Waals surface area contributed by atoms with E-state index in [-0.39, 0.29) is 11.6 Å². The van der Waals surface area contributed by atoms with Gasteiger partial charge in [-0.05, 0) is 32.8 Å². The summed E-state index contributed by atoms with van der Waals surface area (Å²) in [5.74, 6) is 0.485. The highest BCUT2D eigenvalue weighted by molar-refractivity contribution is 5.75. The molecule has 0 radical (unpaired) electrons. The maximum atomic E-state index is 12.8. The largest absolute Gasteiger partial charge is 0.363 e. The number of aromatic nitrogens is 3. The minimum atomic E-state index is -0.0419. The molecule has 22 heavy (non-hydrogen) atoms. The van der Waals surface area contributed by atoms with Crippen molar-refractivity contribution < 1.29 is 0 Å². The van der Waals surface area contributed by atoms with Crippen LogP contribution in [-0.2, 0) is 0 Å². The molecule has 2 aromatic heterocycles. The Balaban J connectivity index is 2.02.